The van der Waals surface area contributed by atoms with Gasteiger partial charge in [-0.05, 0) is 36.1 Å². The van der Waals surface area contributed by atoms with Crippen molar-refractivity contribution < 1.29 is 4.79 Å². The molecule has 3 N–H and O–H groups in total. The molecule has 1 aromatic heterocycles. The highest BCUT2D eigenvalue weighted by Crippen LogP contribution is 2.23. The highest BCUT2D eigenvalue weighted by molar-refractivity contribution is 6.07. The van der Waals surface area contributed by atoms with Gasteiger partial charge in [-0.3, -0.25) is 19.1 Å². The topological polar surface area (TPSA) is 101 Å². The third kappa shape index (κ3) is 4.77. The molecular weight excluding hydrogens is 392 g/mol. The number of aromatic nitrogens is 2. The Morgan fingerprint density at radius 3 is 2.23 bits per heavy atom. The summed E-state index contributed by atoms with van der Waals surface area (Å²) in [5, 5.41) is 0. The van der Waals surface area contributed by atoms with Crippen molar-refractivity contribution in [3.63, 3.8) is 0 Å². The third-order valence-corrected chi connectivity index (χ3v) is 5.15. The van der Waals surface area contributed by atoms with Gasteiger partial charge >= 0.3 is 5.69 Å². The van der Waals surface area contributed by atoms with Crippen LogP contribution in [0.15, 0.2) is 64.2 Å². The van der Waals surface area contributed by atoms with Crippen molar-refractivity contribution in [2.24, 2.45) is 0 Å². The first-order valence-electron chi connectivity index (χ1n) is 10.6. The van der Waals surface area contributed by atoms with Gasteiger partial charge in [0.2, 0.25) is 0 Å². The molecule has 0 atom stereocenters. The van der Waals surface area contributed by atoms with E-state index >= 15 is 0 Å². The molecule has 1 amide bonds. The van der Waals surface area contributed by atoms with E-state index < -0.39 is 11.2 Å². The summed E-state index contributed by atoms with van der Waals surface area (Å²) < 4.78 is 1.31. The lowest BCUT2D eigenvalue weighted by atomic mass is 10.0. The lowest BCUT2D eigenvalue weighted by molar-refractivity contribution is 0.0986. The molecular formula is C24H28N4O3. The summed E-state index contributed by atoms with van der Waals surface area (Å²) >= 11 is 0. The molecule has 0 spiro atoms. The molecule has 1 heterocycles. The molecule has 31 heavy (non-hydrogen) atoms. The number of nitrogens with one attached hydrogen (secondary N) is 1. The fourth-order valence-corrected chi connectivity index (χ4v) is 3.51. The molecule has 0 radical (unpaired) electrons. The Morgan fingerprint density at radius 1 is 0.968 bits per heavy atom. The van der Waals surface area contributed by atoms with E-state index in [0.717, 1.165) is 17.5 Å². The molecule has 0 aliphatic heterocycles. The number of nitrogens with two attached hydrogens (primary N) is 1. The molecule has 3 aromatic rings. The zero-order valence-corrected chi connectivity index (χ0v) is 17.9. The maximum atomic E-state index is 13.4. The van der Waals surface area contributed by atoms with Gasteiger partial charge in [-0.1, -0.05) is 62.7 Å². The smallest absolute Gasteiger partial charge is 0.330 e. The largest absolute Gasteiger partial charge is 0.383 e. The standard InChI is InChI=1S/C24H28N4O3/c1-3-5-16-27(20-21(25)28(15-4-2)24(31)26-22(20)29)23(30)19-13-11-18(12-14-19)17-9-7-6-8-10-17/h6-14H,3-5,15-16,25H2,1-2H3,(H,26,29,31). The Labute approximate surface area is 181 Å². The fourth-order valence-electron chi connectivity index (χ4n) is 3.51. The first kappa shape index (κ1) is 22.1. The van der Waals surface area contributed by atoms with Crippen LogP contribution < -0.4 is 21.9 Å². The summed E-state index contributed by atoms with van der Waals surface area (Å²) in [7, 11) is 0. The fraction of sp³-hybridized carbons (Fsp3) is 0.292. The Morgan fingerprint density at radius 2 is 1.61 bits per heavy atom. The van der Waals surface area contributed by atoms with Crippen LogP contribution in [0.4, 0.5) is 11.5 Å². The van der Waals surface area contributed by atoms with E-state index in [9.17, 15) is 14.4 Å². The number of H-pyrrole nitrogens is 1. The van der Waals surface area contributed by atoms with Crippen LogP contribution in [0.2, 0.25) is 0 Å². The lowest BCUT2D eigenvalue weighted by Gasteiger charge is -2.24. The van der Waals surface area contributed by atoms with E-state index in [1.807, 2.05) is 56.3 Å². The average Bonchev–Trinajstić information content (AvgIpc) is 2.79. The van der Waals surface area contributed by atoms with E-state index in [1.165, 1.54) is 9.47 Å². The first-order valence-corrected chi connectivity index (χ1v) is 10.6. The predicted octanol–water partition coefficient (Wildman–Crippen LogP) is 3.64. The number of aromatic amines is 1. The highest BCUT2D eigenvalue weighted by atomic mass is 16.2. The van der Waals surface area contributed by atoms with Crippen LogP contribution in [0.25, 0.3) is 11.1 Å². The molecule has 0 saturated heterocycles. The van der Waals surface area contributed by atoms with Crippen molar-refractivity contribution in [3.05, 3.63) is 81.0 Å². The highest BCUT2D eigenvalue weighted by Gasteiger charge is 2.24. The Kier molecular flexibility index (Phi) is 7.07. The van der Waals surface area contributed by atoms with E-state index in [0.29, 0.717) is 31.5 Å². The number of hydrogen-bond donors (Lipinski definition) is 2. The Balaban J connectivity index is 2.02. The normalized spacial score (nSPS) is 10.8. The van der Waals surface area contributed by atoms with Crippen molar-refractivity contribution in [1.29, 1.82) is 0 Å². The van der Waals surface area contributed by atoms with Crippen LogP contribution in [0.5, 0.6) is 0 Å². The van der Waals surface area contributed by atoms with Crippen LogP contribution in [0, 0.1) is 0 Å². The number of carbonyl (C=O) groups excluding carboxylic acids is 1. The second-order valence-electron chi connectivity index (χ2n) is 7.40. The molecule has 7 nitrogen and oxygen atoms in total. The first-order chi connectivity index (χ1) is 15.0. The van der Waals surface area contributed by atoms with E-state index in [4.69, 9.17) is 5.73 Å². The van der Waals surface area contributed by atoms with Crippen LogP contribution in [-0.2, 0) is 6.54 Å². The molecule has 0 aliphatic rings. The van der Waals surface area contributed by atoms with Gasteiger partial charge in [0.25, 0.3) is 11.5 Å². The summed E-state index contributed by atoms with van der Waals surface area (Å²) in [5.74, 6) is -0.312. The maximum Gasteiger partial charge on any atom is 0.330 e. The summed E-state index contributed by atoms with van der Waals surface area (Å²) in [6.45, 7) is 4.59. The number of unbranched alkanes of at least 4 members (excludes halogenated alkanes) is 1. The van der Waals surface area contributed by atoms with Crippen molar-refractivity contribution in [1.82, 2.24) is 9.55 Å². The zero-order chi connectivity index (χ0) is 22.4. The summed E-state index contributed by atoms with van der Waals surface area (Å²) in [4.78, 5) is 41.9. The van der Waals surface area contributed by atoms with Crippen LogP contribution in [0.3, 0.4) is 0 Å². The van der Waals surface area contributed by atoms with Gasteiger partial charge in [0.1, 0.15) is 5.82 Å². The molecule has 7 heteroatoms. The minimum Gasteiger partial charge on any atom is -0.383 e. The second-order valence-corrected chi connectivity index (χ2v) is 7.40. The van der Waals surface area contributed by atoms with Crippen molar-refractivity contribution >= 4 is 17.4 Å². The molecule has 0 fully saturated rings. The average molecular weight is 421 g/mol. The number of hydrogen-bond acceptors (Lipinski definition) is 4. The summed E-state index contributed by atoms with van der Waals surface area (Å²) in [6.07, 6.45) is 2.20. The van der Waals surface area contributed by atoms with E-state index in [-0.39, 0.29) is 17.4 Å². The minimum absolute atomic E-state index is 0.0148. The number of nitrogen functional groups attached to an aromatic ring is 1. The van der Waals surface area contributed by atoms with Gasteiger partial charge in [0.05, 0.1) is 0 Å². The van der Waals surface area contributed by atoms with Crippen LogP contribution in [-0.4, -0.2) is 22.0 Å². The molecule has 162 valence electrons. The molecule has 3 rings (SSSR count). The summed E-state index contributed by atoms with van der Waals surface area (Å²) in [6, 6.07) is 17.1. The lowest BCUT2D eigenvalue weighted by Crippen LogP contribution is -2.41. The van der Waals surface area contributed by atoms with Gasteiger partial charge in [-0.2, -0.15) is 0 Å². The number of nitrogens with zero attached hydrogens (tertiary/aromatic N) is 2. The minimum atomic E-state index is -0.653. The van der Waals surface area contributed by atoms with Gasteiger partial charge < -0.3 is 10.6 Å². The Bertz CT molecular complexity index is 1150. The zero-order valence-electron chi connectivity index (χ0n) is 17.9. The van der Waals surface area contributed by atoms with Crippen molar-refractivity contribution in [3.8, 4) is 11.1 Å². The number of anilines is 2. The predicted molar refractivity (Wildman–Crippen MR) is 124 cm³/mol. The molecule has 0 bridgehead atoms. The SMILES string of the molecule is CCCCN(C(=O)c1ccc(-c2ccccc2)cc1)c1c(N)n(CCC)c(=O)[nH]c1=O. The van der Waals surface area contributed by atoms with Crippen LogP contribution in [0.1, 0.15) is 43.5 Å². The van der Waals surface area contributed by atoms with Gasteiger partial charge in [0, 0.05) is 18.7 Å². The van der Waals surface area contributed by atoms with Gasteiger partial charge in [-0.25, -0.2) is 4.79 Å². The van der Waals surface area contributed by atoms with E-state index in [1.54, 1.807) is 12.1 Å². The molecule has 0 unspecified atom stereocenters. The van der Waals surface area contributed by atoms with E-state index in [2.05, 4.69) is 4.98 Å². The monoisotopic (exact) mass is 420 g/mol. The maximum absolute atomic E-state index is 13.4. The Hall–Kier alpha value is -3.61. The van der Waals surface area contributed by atoms with Crippen LogP contribution >= 0.6 is 0 Å². The summed E-state index contributed by atoms with van der Waals surface area (Å²) in [5.41, 5.74) is 7.51. The van der Waals surface area contributed by atoms with Crippen molar-refractivity contribution in [2.75, 3.05) is 17.2 Å². The number of benzene rings is 2. The number of rotatable bonds is 8. The van der Waals surface area contributed by atoms with Gasteiger partial charge in [-0.15, -0.1) is 0 Å². The third-order valence-electron chi connectivity index (χ3n) is 5.15. The second kappa shape index (κ2) is 9.93. The van der Waals surface area contributed by atoms with Gasteiger partial charge in [0.15, 0.2) is 5.69 Å². The molecule has 0 saturated carbocycles. The number of carbonyl (C=O) groups is 1. The molecule has 2 aromatic carbocycles. The van der Waals surface area contributed by atoms with Crippen molar-refractivity contribution in [2.45, 2.75) is 39.7 Å². The molecule has 0 aliphatic carbocycles. The number of amides is 1. The quantitative estimate of drug-likeness (QED) is 0.581.